The molecule has 5 rings (SSSR count). The molecule has 0 aromatic heterocycles. The van der Waals surface area contributed by atoms with Gasteiger partial charge in [-0.15, -0.1) is 0 Å². The van der Waals surface area contributed by atoms with Crippen LogP contribution in [-0.4, -0.2) is 30.1 Å². The number of para-hydroxylation sites is 1. The molecule has 0 N–H and O–H groups in total. The average Bonchev–Trinajstić information content (AvgIpc) is 3.46. The second-order valence-electron chi connectivity index (χ2n) is 7.89. The van der Waals surface area contributed by atoms with Crippen LogP contribution in [0, 0.1) is 23.7 Å². The first-order chi connectivity index (χ1) is 14.7. The Morgan fingerprint density at radius 3 is 2.37 bits per heavy atom. The molecule has 2 amide bonds. The molecule has 2 aromatic carbocycles. The number of hydrogen-bond acceptors (Lipinski definition) is 5. The van der Waals surface area contributed by atoms with Crippen molar-refractivity contribution in [3.05, 3.63) is 71.8 Å². The average molecular weight is 402 g/mol. The summed E-state index contributed by atoms with van der Waals surface area (Å²) in [5.41, 5.74) is 1.66. The fourth-order valence-corrected chi connectivity index (χ4v) is 4.80. The van der Waals surface area contributed by atoms with Gasteiger partial charge in [-0.25, -0.2) is 0 Å². The third-order valence-electron chi connectivity index (χ3n) is 6.21. The lowest BCUT2D eigenvalue weighted by Crippen LogP contribution is -2.28. The molecule has 1 saturated carbocycles. The number of allylic oxidation sites excluding steroid dienone is 2. The van der Waals surface area contributed by atoms with Crippen LogP contribution < -0.4 is 9.47 Å². The van der Waals surface area contributed by atoms with Crippen molar-refractivity contribution in [3.63, 3.8) is 0 Å². The third-order valence-corrected chi connectivity index (χ3v) is 6.21. The molecular formula is C24H22N2O4. The highest BCUT2D eigenvalue weighted by molar-refractivity contribution is 6.07. The van der Waals surface area contributed by atoms with E-state index in [0.29, 0.717) is 23.7 Å². The van der Waals surface area contributed by atoms with E-state index in [9.17, 15) is 9.59 Å². The van der Waals surface area contributed by atoms with Crippen molar-refractivity contribution < 1.29 is 19.1 Å². The molecule has 4 atom stereocenters. The minimum atomic E-state index is -0.260. The maximum Gasteiger partial charge on any atom is 0.254 e. The molecule has 1 aliphatic heterocycles. The number of nitrogens with zero attached hydrogens (tertiary/aromatic N) is 2. The molecule has 0 unspecified atom stereocenters. The van der Waals surface area contributed by atoms with Gasteiger partial charge in [0.05, 0.1) is 25.2 Å². The van der Waals surface area contributed by atoms with E-state index in [1.54, 1.807) is 13.2 Å². The molecule has 0 radical (unpaired) electrons. The van der Waals surface area contributed by atoms with E-state index in [1.807, 2.05) is 42.5 Å². The fraction of sp³-hybridized carbons (Fsp3) is 0.292. The lowest BCUT2D eigenvalue weighted by atomic mass is 9.85. The van der Waals surface area contributed by atoms with Crippen molar-refractivity contribution in [1.29, 1.82) is 0 Å². The number of benzene rings is 2. The number of imide groups is 1. The first-order valence-electron chi connectivity index (χ1n) is 10.1. The summed E-state index contributed by atoms with van der Waals surface area (Å²) in [4.78, 5) is 25.7. The summed E-state index contributed by atoms with van der Waals surface area (Å²) in [6, 6.07) is 15.3. The van der Waals surface area contributed by atoms with E-state index in [-0.39, 0.29) is 35.5 Å². The standard InChI is InChI=1S/C24H22N2O4/c1-29-19-9-5-8-18(22(19)30-14-15-6-3-2-4-7-15)13-25-26-23(27)20-16-10-11-17(12-16)21(20)24(26)28/h2-11,13,16-17,20-21H,12,14H2,1H3/t16-,17-,20-,21+/m0/s1. The minimum Gasteiger partial charge on any atom is -0.493 e. The largest absolute Gasteiger partial charge is 0.493 e. The monoisotopic (exact) mass is 402 g/mol. The van der Waals surface area contributed by atoms with Gasteiger partial charge in [-0.2, -0.15) is 10.1 Å². The summed E-state index contributed by atoms with van der Waals surface area (Å²) < 4.78 is 11.5. The highest BCUT2D eigenvalue weighted by Crippen LogP contribution is 2.52. The Hall–Kier alpha value is -3.41. The molecule has 2 aromatic rings. The lowest BCUT2D eigenvalue weighted by molar-refractivity contribution is -0.140. The van der Waals surface area contributed by atoms with Crippen molar-refractivity contribution in [3.8, 4) is 11.5 Å². The first-order valence-corrected chi connectivity index (χ1v) is 10.1. The summed E-state index contributed by atoms with van der Waals surface area (Å²) in [6.45, 7) is 0.364. The Kier molecular flexibility index (Phi) is 4.62. The van der Waals surface area contributed by atoms with Gasteiger partial charge in [0.15, 0.2) is 11.5 Å². The zero-order chi connectivity index (χ0) is 20.7. The quantitative estimate of drug-likeness (QED) is 0.422. The summed E-state index contributed by atoms with van der Waals surface area (Å²) in [6.07, 6.45) is 6.55. The predicted molar refractivity (Wildman–Crippen MR) is 111 cm³/mol. The van der Waals surface area contributed by atoms with E-state index in [0.717, 1.165) is 17.0 Å². The molecule has 30 heavy (non-hydrogen) atoms. The number of ether oxygens (including phenoxy) is 2. The molecule has 6 heteroatoms. The van der Waals surface area contributed by atoms with Crippen LogP contribution in [0.1, 0.15) is 17.5 Å². The number of carbonyl (C=O) groups excluding carboxylic acids is 2. The maximum atomic E-state index is 12.8. The molecule has 2 bridgehead atoms. The Bertz CT molecular complexity index is 1020. The Balaban J connectivity index is 1.39. The predicted octanol–water partition coefficient (Wildman–Crippen LogP) is 3.42. The van der Waals surface area contributed by atoms with E-state index in [4.69, 9.17) is 9.47 Å². The van der Waals surface area contributed by atoms with E-state index in [2.05, 4.69) is 17.3 Å². The van der Waals surface area contributed by atoms with Crippen LogP contribution in [0.25, 0.3) is 0 Å². The molecule has 0 spiro atoms. The molecular weight excluding hydrogens is 380 g/mol. The third kappa shape index (κ3) is 3.00. The van der Waals surface area contributed by atoms with Gasteiger partial charge in [0, 0.05) is 5.56 Å². The van der Waals surface area contributed by atoms with Gasteiger partial charge in [0.1, 0.15) is 6.61 Å². The topological polar surface area (TPSA) is 68.2 Å². The van der Waals surface area contributed by atoms with Crippen LogP contribution in [-0.2, 0) is 16.2 Å². The van der Waals surface area contributed by atoms with Crippen molar-refractivity contribution in [2.45, 2.75) is 13.0 Å². The summed E-state index contributed by atoms with van der Waals surface area (Å²) in [7, 11) is 1.57. The molecule has 152 valence electrons. The normalized spacial score (nSPS) is 26.6. The van der Waals surface area contributed by atoms with Gasteiger partial charge in [-0.3, -0.25) is 9.59 Å². The first kappa shape index (κ1) is 18.6. The zero-order valence-electron chi connectivity index (χ0n) is 16.6. The Labute approximate surface area is 174 Å². The molecule has 3 aliphatic rings. The summed E-state index contributed by atoms with van der Waals surface area (Å²) in [5.74, 6) is 0.492. The van der Waals surface area contributed by atoms with E-state index < -0.39 is 0 Å². The Morgan fingerprint density at radius 1 is 1.00 bits per heavy atom. The number of carbonyl (C=O) groups is 2. The second kappa shape index (κ2) is 7.44. The second-order valence-corrected chi connectivity index (χ2v) is 7.89. The summed E-state index contributed by atoms with van der Waals surface area (Å²) in [5, 5.41) is 5.32. The van der Waals surface area contributed by atoms with Crippen LogP contribution in [0.4, 0.5) is 0 Å². The maximum absolute atomic E-state index is 12.8. The SMILES string of the molecule is COc1cccc(C=NN2C(=O)[C@@H]3[C@H](C2=O)[C@H]2C=C[C@H]3C2)c1OCc1ccccc1. The van der Waals surface area contributed by atoms with Gasteiger partial charge in [-0.05, 0) is 36.0 Å². The van der Waals surface area contributed by atoms with Crippen LogP contribution in [0.5, 0.6) is 11.5 Å². The van der Waals surface area contributed by atoms with E-state index >= 15 is 0 Å². The van der Waals surface area contributed by atoms with Gasteiger partial charge < -0.3 is 9.47 Å². The number of rotatable bonds is 6. The summed E-state index contributed by atoms with van der Waals surface area (Å²) >= 11 is 0. The smallest absolute Gasteiger partial charge is 0.254 e. The number of hydrazone groups is 1. The van der Waals surface area contributed by atoms with Crippen molar-refractivity contribution >= 4 is 18.0 Å². The van der Waals surface area contributed by atoms with Crippen molar-refractivity contribution in [1.82, 2.24) is 5.01 Å². The lowest BCUT2D eigenvalue weighted by Gasteiger charge is -2.14. The fourth-order valence-electron chi connectivity index (χ4n) is 4.80. The molecule has 1 saturated heterocycles. The molecule has 1 heterocycles. The van der Waals surface area contributed by atoms with Gasteiger partial charge in [0.25, 0.3) is 11.8 Å². The highest BCUT2D eigenvalue weighted by Gasteiger charge is 2.59. The van der Waals surface area contributed by atoms with Crippen LogP contribution in [0.15, 0.2) is 65.8 Å². The molecule has 2 fully saturated rings. The zero-order valence-corrected chi connectivity index (χ0v) is 16.6. The van der Waals surface area contributed by atoms with Gasteiger partial charge >= 0.3 is 0 Å². The number of amides is 2. The molecule has 6 nitrogen and oxygen atoms in total. The number of methoxy groups -OCH3 is 1. The minimum absolute atomic E-state index is 0.165. The van der Waals surface area contributed by atoms with Crippen LogP contribution in [0.2, 0.25) is 0 Å². The Morgan fingerprint density at radius 2 is 1.70 bits per heavy atom. The van der Waals surface area contributed by atoms with Crippen molar-refractivity contribution in [2.24, 2.45) is 28.8 Å². The van der Waals surface area contributed by atoms with E-state index in [1.165, 1.54) is 6.21 Å². The van der Waals surface area contributed by atoms with Crippen molar-refractivity contribution in [2.75, 3.05) is 7.11 Å². The molecule has 2 aliphatic carbocycles. The highest BCUT2D eigenvalue weighted by atomic mass is 16.5. The number of hydrogen-bond donors (Lipinski definition) is 0. The number of fused-ring (bicyclic) bond motifs is 5. The van der Waals surface area contributed by atoms with Gasteiger partial charge in [-0.1, -0.05) is 48.6 Å². The van der Waals surface area contributed by atoms with Crippen LogP contribution in [0.3, 0.4) is 0 Å². The van der Waals surface area contributed by atoms with Gasteiger partial charge in [0.2, 0.25) is 0 Å². The van der Waals surface area contributed by atoms with Crippen LogP contribution >= 0.6 is 0 Å².